The van der Waals surface area contributed by atoms with Gasteiger partial charge in [-0.1, -0.05) is 6.07 Å². The number of esters is 1. The smallest absolute Gasteiger partial charge is 0.351 e. The van der Waals surface area contributed by atoms with Gasteiger partial charge in [0, 0.05) is 0 Å². The number of aryl methyl sites for hydroxylation is 2. The molecule has 1 atom stereocenters. The van der Waals surface area contributed by atoms with Gasteiger partial charge in [-0.05, 0) is 32.9 Å². The van der Waals surface area contributed by atoms with Crippen LogP contribution in [0.25, 0.3) is 0 Å². The molecule has 1 aromatic heterocycles. The zero-order valence-corrected chi connectivity index (χ0v) is 13.5. The van der Waals surface area contributed by atoms with Crippen LogP contribution in [0.2, 0.25) is 0 Å². The maximum absolute atomic E-state index is 13.5. The molecule has 0 aliphatic rings. The van der Waals surface area contributed by atoms with Crippen molar-refractivity contribution in [3.63, 3.8) is 0 Å². The third kappa shape index (κ3) is 3.89. The number of anilines is 1. The van der Waals surface area contributed by atoms with Crippen molar-refractivity contribution in [1.82, 2.24) is 4.98 Å². The standard InChI is InChI=1S/C15H14F2N2O3S/c1-7-13(23-9(3)18-7)15(21)22-8(2)14(20)19-12-10(16)5-4-6-11(12)17/h4-6,8H,1-3H3,(H,19,20)/t8-/m1/s1. The number of hydrogen-bond acceptors (Lipinski definition) is 5. The maximum atomic E-state index is 13.5. The molecular weight excluding hydrogens is 326 g/mol. The summed E-state index contributed by atoms with van der Waals surface area (Å²) < 4.78 is 32.0. The molecule has 0 unspecified atom stereocenters. The van der Waals surface area contributed by atoms with Gasteiger partial charge in [-0.3, -0.25) is 4.79 Å². The van der Waals surface area contributed by atoms with Crippen molar-refractivity contribution in [1.29, 1.82) is 0 Å². The Kier molecular flexibility index (Phi) is 5.05. The second-order valence-electron chi connectivity index (χ2n) is 4.78. The Morgan fingerprint density at radius 1 is 1.26 bits per heavy atom. The quantitative estimate of drug-likeness (QED) is 0.868. The van der Waals surface area contributed by atoms with Crippen LogP contribution in [0.1, 0.15) is 27.3 Å². The molecule has 0 radical (unpaired) electrons. The molecule has 0 fully saturated rings. The fraction of sp³-hybridized carbons (Fsp3) is 0.267. The number of aromatic nitrogens is 1. The van der Waals surface area contributed by atoms with Crippen LogP contribution in [0.4, 0.5) is 14.5 Å². The van der Waals surface area contributed by atoms with E-state index >= 15 is 0 Å². The third-order valence-corrected chi connectivity index (χ3v) is 4.01. The highest BCUT2D eigenvalue weighted by atomic mass is 32.1. The number of thiazole rings is 1. The first kappa shape index (κ1) is 17.0. The van der Waals surface area contributed by atoms with Gasteiger partial charge in [-0.2, -0.15) is 0 Å². The van der Waals surface area contributed by atoms with Crippen molar-refractivity contribution >= 4 is 28.9 Å². The van der Waals surface area contributed by atoms with Gasteiger partial charge in [0.25, 0.3) is 5.91 Å². The number of amides is 1. The first-order chi connectivity index (χ1) is 10.8. The molecule has 0 saturated carbocycles. The number of ether oxygens (including phenoxy) is 1. The molecule has 0 saturated heterocycles. The summed E-state index contributed by atoms with van der Waals surface area (Å²) in [6, 6.07) is 3.20. The third-order valence-electron chi connectivity index (χ3n) is 2.95. The number of nitrogens with one attached hydrogen (secondary N) is 1. The summed E-state index contributed by atoms with van der Waals surface area (Å²) in [7, 11) is 0. The van der Waals surface area contributed by atoms with Gasteiger partial charge in [0.15, 0.2) is 6.10 Å². The number of rotatable bonds is 4. The van der Waals surface area contributed by atoms with E-state index in [9.17, 15) is 18.4 Å². The molecule has 1 heterocycles. The Labute approximate surface area is 135 Å². The van der Waals surface area contributed by atoms with Crippen LogP contribution in [0.3, 0.4) is 0 Å². The lowest BCUT2D eigenvalue weighted by atomic mass is 10.2. The second-order valence-corrected chi connectivity index (χ2v) is 5.98. The van der Waals surface area contributed by atoms with E-state index in [0.29, 0.717) is 15.6 Å². The first-order valence-electron chi connectivity index (χ1n) is 6.69. The van der Waals surface area contributed by atoms with E-state index in [-0.39, 0.29) is 0 Å². The Morgan fingerprint density at radius 3 is 2.39 bits per heavy atom. The summed E-state index contributed by atoms with van der Waals surface area (Å²) in [5.41, 5.74) is -0.0736. The van der Waals surface area contributed by atoms with Crippen molar-refractivity contribution in [2.45, 2.75) is 26.9 Å². The summed E-state index contributed by atoms with van der Waals surface area (Å²) >= 11 is 1.15. The van der Waals surface area contributed by atoms with Gasteiger partial charge in [0.1, 0.15) is 22.2 Å². The van der Waals surface area contributed by atoms with Gasteiger partial charge in [-0.25, -0.2) is 18.6 Å². The zero-order chi connectivity index (χ0) is 17.1. The Bertz CT molecular complexity index is 741. The minimum atomic E-state index is -1.22. The second kappa shape index (κ2) is 6.82. The molecular formula is C15H14F2N2O3S. The minimum Gasteiger partial charge on any atom is -0.448 e. The molecule has 1 aromatic carbocycles. The largest absolute Gasteiger partial charge is 0.448 e. The topological polar surface area (TPSA) is 68.3 Å². The molecule has 1 N–H and O–H groups in total. The minimum absolute atomic E-state index is 0.291. The molecule has 0 spiro atoms. The van der Waals surface area contributed by atoms with Crippen LogP contribution < -0.4 is 5.32 Å². The van der Waals surface area contributed by atoms with Gasteiger partial charge < -0.3 is 10.1 Å². The predicted octanol–water partition coefficient (Wildman–Crippen LogP) is 3.22. The number of halogens is 2. The molecule has 1 amide bonds. The molecule has 2 rings (SSSR count). The molecule has 8 heteroatoms. The summed E-state index contributed by atoms with van der Waals surface area (Å²) in [4.78, 5) is 28.3. The van der Waals surface area contributed by atoms with Crippen molar-refractivity contribution in [2.24, 2.45) is 0 Å². The van der Waals surface area contributed by atoms with E-state index in [1.54, 1.807) is 13.8 Å². The molecule has 23 heavy (non-hydrogen) atoms. The number of carbonyl (C=O) groups is 2. The SMILES string of the molecule is Cc1nc(C)c(C(=O)O[C@H](C)C(=O)Nc2c(F)cccc2F)s1. The molecule has 122 valence electrons. The molecule has 0 bridgehead atoms. The Balaban J connectivity index is 2.06. The van der Waals surface area contributed by atoms with E-state index in [4.69, 9.17) is 4.74 Å². The van der Waals surface area contributed by atoms with E-state index in [1.807, 2.05) is 0 Å². The number of para-hydroxylation sites is 1. The average molecular weight is 340 g/mol. The van der Waals surface area contributed by atoms with Gasteiger partial charge in [0.2, 0.25) is 0 Å². The highest BCUT2D eigenvalue weighted by Crippen LogP contribution is 2.20. The average Bonchev–Trinajstić information content (AvgIpc) is 2.81. The normalized spacial score (nSPS) is 11.9. The van der Waals surface area contributed by atoms with Crippen molar-refractivity contribution in [2.75, 3.05) is 5.32 Å². The molecule has 2 aromatic rings. The van der Waals surface area contributed by atoms with Crippen LogP contribution in [-0.4, -0.2) is 23.0 Å². The van der Waals surface area contributed by atoms with E-state index in [1.165, 1.54) is 13.0 Å². The summed E-state index contributed by atoms with van der Waals surface area (Å²) in [5, 5.41) is 2.77. The molecule has 0 aliphatic carbocycles. The monoisotopic (exact) mass is 340 g/mol. The van der Waals surface area contributed by atoms with E-state index in [2.05, 4.69) is 10.3 Å². The maximum Gasteiger partial charge on any atom is 0.351 e. The van der Waals surface area contributed by atoms with Crippen LogP contribution in [0.5, 0.6) is 0 Å². The lowest BCUT2D eigenvalue weighted by Gasteiger charge is -2.14. The van der Waals surface area contributed by atoms with Gasteiger partial charge >= 0.3 is 5.97 Å². The first-order valence-corrected chi connectivity index (χ1v) is 7.51. The van der Waals surface area contributed by atoms with Gasteiger partial charge in [0.05, 0.1) is 10.7 Å². The van der Waals surface area contributed by atoms with Crippen LogP contribution in [0, 0.1) is 25.5 Å². The van der Waals surface area contributed by atoms with Crippen LogP contribution in [-0.2, 0) is 9.53 Å². The summed E-state index contributed by atoms with van der Waals surface area (Å²) in [6.07, 6.45) is -1.22. The number of hydrogen-bond donors (Lipinski definition) is 1. The highest BCUT2D eigenvalue weighted by molar-refractivity contribution is 7.13. The fourth-order valence-electron chi connectivity index (χ4n) is 1.83. The number of nitrogens with zero attached hydrogens (tertiary/aromatic N) is 1. The zero-order valence-electron chi connectivity index (χ0n) is 12.6. The number of benzene rings is 1. The van der Waals surface area contributed by atoms with Crippen molar-refractivity contribution in [3.8, 4) is 0 Å². The summed E-state index contributed by atoms with van der Waals surface area (Å²) in [5.74, 6) is -3.36. The van der Waals surface area contributed by atoms with E-state index < -0.39 is 35.3 Å². The molecule has 0 aliphatic heterocycles. The van der Waals surface area contributed by atoms with Crippen molar-refractivity contribution in [3.05, 3.63) is 45.4 Å². The lowest BCUT2D eigenvalue weighted by molar-refractivity contribution is -0.123. The fourth-order valence-corrected chi connectivity index (χ4v) is 2.63. The van der Waals surface area contributed by atoms with Crippen molar-refractivity contribution < 1.29 is 23.1 Å². The Morgan fingerprint density at radius 2 is 1.87 bits per heavy atom. The Hall–Kier alpha value is -2.35. The lowest BCUT2D eigenvalue weighted by Crippen LogP contribution is -2.30. The van der Waals surface area contributed by atoms with Crippen LogP contribution >= 0.6 is 11.3 Å². The van der Waals surface area contributed by atoms with Crippen LogP contribution in [0.15, 0.2) is 18.2 Å². The highest BCUT2D eigenvalue weighted by Gasteiger charge is 2.23. The van der Waals surface area contributed by atoms with E-state index in [0.717, 1.165) is 23.5 Å². The predicted molar refractivity (Wildman–Crippen MR) is 81.5 cm³/mol. The van der Waals surface area contributed by atoms with Gasteiger partial charge in [-0.15, -0.1) is 11.3 Å². The number of carbonyl (C=O) groups excluding carboxylic acids is 2. The molecule has 5 nitrogen and oxygen atoms in total. The summed E-state index contributed by atoms with van der Waals surface area (Å²) in [6.45, 7) is 4.71.